The van der Waals surface area contributed by atoms with E-state index < -0.39 is 50.1 Å². The van der Waals surface area contributed by atoms with Crippen LogP contribution in [-0.4, -0.2) is 32.7 Å². The number of rotatable bonds is 4. The summed E-state index contributed by atoms with van der Waals surface area (Å²) in [6.45, 7) is 16.4. The molecular formula is C17H21F3N2O3Si. The van der Waals surface area contributed by atoms with Gasteiger partial charge in [0.25, 0.3) is 0 Å². The minimum atomic E-state index is -4.69. The van der Waals surface area contributed by atoms with Gasteiger partial charge in [0.05, 0.1) is 18.2 Å². The van der Waals surface area contributed by atoms with E-state index in [-0.39, 0.29) is 5.69 Å². The van der Waals surface area contributed by atoms with Crippen LogP contribution < -0.4 is 4.90 Å². The first-order chi connectivity index (χ1) is 11.8. The van der Waals surface area contributed by atoms with Crippen LogP contribution in [0.5, 0.6) is 0 Å². The van der Waals surface area contributed by atoms with E-state index in [0.29, 0.717) is 0 Å². The van der Waals surface area contributed by atoms with Crippen LogP contribution in [-0.2, 0) is 15.3 Å². The van der Waals surface area contributed by atoms with E-state index in [1.54, 1.807) is 13.8 Å². The number of halogens is 3. The smallest absolute Gasteiger partial charge is 0.415 e. The highest BCUT2D eigenvalue weighted by molar-refractivity contribution is 6.69. The Morgan fingerprint density at radius 1 is 1.35 bits per heavy atom. The summed E-state index contributed by atoms with van der Waals surface area (Å²) in [7, 11) is -1.94. The fourth-order valence-corrected chi connectivity index (χ4v) is 4.37. The third-order valence-corrected chi connectivity index (χ3v) is 5.05. The van der Waals surface area contributed by atoms with Gasteiger partial charge >= 0.3 is 12.3 Å². The molecule has 5 nitrogen and oxygen atoms in total. The molecule has 142 valence electrons. The second kappa shape index (κ2) is 6.93. The van der Waals surface area contributed by atoms with E-state index in [4.69, 9.17) is 15.7 Å². The first-order valence-electron chi connectivity index (χ1n) is 8.11. The molecule has 1 fully saturated rings. The van der Waals surface area contributed by atoms with Gasteiger partial charge in [-0.25, -0.2) is 9.64 Å². The van der Waals surface area contributed by atoms with Crippen molar-refractivity contribution < 1.29 is 27.1 Å². The van der Waals surface area contributed by atoms with E-state index >= 15 is 0 Å². The summed E-state index contributed by atoms with van der Waals surface area (Å²) in [5.41, 5.74) is -1.55. The van der Waals surface area contributed by atoms with Gasteiger partial charge in [-0.05, 0) is 45.6 Å². The van der Waals surface area contributed by atoms with Crippen LogP contribution in [0.15, 0.2) is 18.2 Å². The summed E-state index contributed by atoms with van der Waals surface area (Å²) >= 11 is 0. The normalized spacial score (nSPS) is 22.1. The lowest BCUT2D eigenvalue weighted by Gasteiger charge is -2.33. The average molecular weight is 386 g/mol. The van der Waals surface area contributed by atoms with Crippen LogP contribution in [0.4, 0.5) is 29.3 Å². The molecule has 9 heteroatoms. The summed E-state index contributed by atoms with van der Waals surface area (Å²) in [6, 6.07) is 2.66. The molecule has 0 saturated carbocycles. The first kappa shape index (κ1) is 20.3. The standard InChI is InChI=1S/C17H21F3N2O3Si/c1-10-15(11(2)25-26(4,5)6)22(16(23)24-10)12-7-8-14(21-3)13(9-12)17(18,19)20/h7-11,15H,1-2,4-6H3/t10-,11?,15+/m0/s1. The average Bonchev–Trinajstić information content (AvgIpc) is 2.78. The zero-order valence-electron chi connectivity index (χ0n) is 15.2. The lowest BCUT2D eigenvalue weighted by molar-refractivity contribution is -0.136. The van der Waals surface area contributed by atoms with Gasteiger partial charge in [-0.1, -0.05) is 6.07 Å². The Hall–Kier alpha value is -2.05. The van der Waals surface area contributed by atoms with E-state index in [2.05, 4.69) is 4.85 Å². The maximum absolute atomic E-state index is 13.3. The summed E-state index contributed by atoms with van der Waals surface area (Å²) in [4.78, 5) is 16.4. The molecule has 1 aromatic carbocycles. The summed E-state index contributed by atoms with van der Waals surface area (Å²) < 4.78 is 51.0. The van der Waals surface area contributed by atoms with Gasteiger partial charge in [-0.3, -0.25) is 4.90 Å². The minimum absolute atomic E-state index is 0.0371. The minimum Gasteiger partial charge on any atom is -0.444 e. The number of amides is 1. The predicted molar refractivity (Wildman–Crippen MR) is 93.8 cm³/mol. The molecule has 0 N–H and O–H groups in total. The number of nitrogens with zero attached hydrogens (tertiary/aromatic N) is 2. The molecule has 0 spiro atoms. The lowest BCUT2D eigenvalue weighted by atomic mass is 10.0. The molecule has 0 bridgehead atoms. The van der Waals surface area contributed by atoms with Gasteiger partial charge < -0.3 is 9.16 Å². The Morgan fingerprint density at radius 2 is 1.96 bits per heavy atom. The van der Waals surface area contributed by atoms with Crippen LogP contribution >= 0.6 is 0 Å². The van der Waals surface area contributed by atoms with Crippen molar-refractivity contribution >= 4 is 25.8 Å². The molecule has 0 aromatic heterocycles. The number of ether oxygens (including phenoxy) is 1. The number of alkyl halides is 3. The molecule has 1 unspecified atom stereocenters. The largest absolute Gasteiger partial charge is 0.444 e. The second-order valence-electron chi connectivity index (χ2n) is 7.20. The number of carbonyl (C=O) groups is 1. The van der Waals surface area contributed by atoms with Crippen molar-refractivity contribution in [3.8, 4) is 0 Å². The van der Waals surface area contributed by atoms with Crippen LogP contribution in [0.25, 0.3) is 4.85 Å². The van der Waals surface area contributed by atoms with Gasteiger partial charge in [0, 0.05) is 5.69 Å². The molecule has 1 heterocycles. The van der Waals surface area contributed by atoms with Gasteiger partial charge in [0.1, 0.15) is 12.1 Å². The monoisotopic (exact) mass is 386 g/mol. The Labute approximate surface area is 151 Å². The van der Waals surface area contributed by atoms with E-state index in [9.17, 15) is 18.0 Å². The maximum atomic E-state index is 13.3. The van der Waals surface area contributed by atoms with Gasteiger partial charge in [-0.2, -0.15) is 13.2 Å². The molecule has 1 aliphatic heterocycles. The Bertz CT molecular complexity index is 740. The number of hydrogen-bond donors (Lipinski definition) is 0. The summed E-state index contributed by atoms with van der Waals surface area (Å²) in [5.74, 6) is 0. The molecule has 3 atom stereocenters. The van der Waals surface area contributed by atoms with Gasteiger partial charge in [-0.15, -0.1) is 0 Å². The predicted octanol–water partition coefficient (Wildman–Crippen LogP) is 5.21. The molecule has 1 amide bonds. The third kappa shape index (κ3) is 4.19. The van der Waals surface area contributed by atoms with E-state index in [1.807, 2.05) is 19.6 Å². The molecular weight excluding hydrogens is 365 g/mol. The summed E-state index contributed by atoms with van der Waals surface area (Å²) in [5, 5.41) is 0. The number of benzene rings is 1. The third-order valence-electron chi connectivity index (χ3n) is 3.97. The molecule has 1 aromatic rings. The molecule has 1 saturated heterocycles. The van der Waals surface area contributed by atoms with Gasteiger partial charge in [0.15, 0.2) is 14.0 Å². The van der Waals surface area contributed by atoms with E-state index in [1.165, 1.54) is 11.0 Å². The van der Waals surface area contributed by atoms with Crippen molar-refractivity contribution in [1.29, 1.82) is 0 Å². The molecule has 2 rings (SSSR count). The van der Waals surface area contributed by atoms with Crippen LogP contribution in [0, 0.1) is 6.57 Å². The molecule has 26 heavy (non-hydrogen) atoms. The zero-order valence-corrected chi connectivity index (χ0v) is 16.2. The van der Waals surface area contributed by atoms with E-state index in [0.717, 1.165) is 12.1 Å². The lowest BCUT2D eigenvalue weighted by Crippen LogP contribution is -2.48. The van der Waals surface area contributed by atoms with Crippen LogP contribution in [0.1, 0.15) is 19.4 Å². The highest BCUT2D eigenvalue weighted by Gasteiger charge is 2.45. The SMILES string of the molecule is [C-]#[N+]c1ccc(N2C(=O)O[C@@H](C)[C@@H]2C(C)O[Si](C)(C)C)cc1C(F)(F)F. The first-order valence-corrected chi connectivity index (χ1v) is 11.5. The molecule has 0 aliphatic carbocycles. The highest BCUT2D eigenvalue weighted by Crippen LogP contribution is 2.40. The fourth-order valence-electron chi connectivity index (χ4n) is 3.11. The van der Waals surface area contributed by atoms with Gasteiger partial charge in [0.2, 0.25) is 0 Å². The fraction of sp³-hybridized carbons (Fsp3) is 0.529. The Balaban J connectivity index is 2.47. The number of cyclic esters (lactones) is 1. The molecule has 0 radical (unpaired) electrons. The van der Waals surface area contributed by atoms with Crippen molar-refractivity contribution in [2.45, 2.75) is 57.9 Å². The number of anilines is 1. The Morgan fingerprint density at radius 3 is 2.46 bits per heavy atom. The zero-order chi connectivity index (χ0) is 19.9. The molecule has 1 aliphatic rings. The highest BCUT2D eigenvalue weighted by atomic mass is 28.4. The van der Waals surface area contributed by atoms with Crippen molar-refractivity contribution in [1.82, 2.24) is 0 Å². The van der Waals surface area contributed by atoms with Crippen molar-refractivity contribution in [2.24, 2.45) is 0 Å². The van der Waals surface area contributed by atoms with Crippen molar-refractivity contribution in [3.63, 3.8) is 0 Å². The summed E-state index contributed by atoms with van der Waals surface area (Å²) in [6.07, 6.45) is -6.37. The number of carbonyl (C=O) groups excluding carboxylic acids is 1. The quantitative estimate of drug-likeness (QED) is 0.527. The Kier molecular flexibility index (Phi) is 5.40. The topological polar surface area (TPSA) is 43.1 Å². The van der Waals surface area contributed by atoms with Crippen molar-refractivity contribution in [2.75, 3.05) is 4.90 Å². The second-order valence-corrected chi connectivity index (χ2v) is 11.7. The maximum Gasteiger partial charge on any atom is 0.415 e. The van der Waals surface area contributed by atoms with Crippen molar-refractivity contribution in [3.05, 3.63) is 35.2 Å². The van der Waals surface area contributed by atoms with Crippen LogP contribution in [0.3, 0.4) is 0 Å². The number of hydrogen-bond acceptors (Lipinski definition) is 3. The van der Waals surface area contributed by atoms with Crippen LogP contribution in [0.2, 0.25) is 19.6 Å².